The molecule has 3 unspecified atom stereocenters. The number of thiazole rings is 1. The van der Waals surface area contributed by atoms with Gasteiger partial charge < -0.3 is 34.7 Å². The van der Waals surface area contributed by atoms with Gasteiger partial charge >= 0.3 is 6.09 Å². The first kappa shape index (κ1) is 37.0. The summed E-state index contributed by atoms with van der Waals surface area (Å²) in [6, 6.07) is 5.60. The van der Waals surface area contributed by atoms with E-state index in [9.17, 15) is 27.1 Å². The summed E-state index contributed by atoms with van der Waals surface area (Å²) in [6.07, 6.45) is 3.94. The molecule has 1 aromatic heterocycles. The van der Waals surface area contributed by atoms with Crippen molar-refractivity contribution in [3.8, 4) is 0 Å². The van der Waals surface area contributed by atoms with Gasteiger partial charge in [0.05, 0.1) is 46.6 Å². The Morgan fingerprint density at radius 2 is 1.85 bits per heavy atom. The predicted molar refractivity (Wildman–Crippen MR) is 192 cm³/mol. The van der Waals surface area contributed by atoms with E-state index in [1.165, 1.54) is 15.6 Å². The molecule has 16 heteroatoms. The highest BCUT2D eigenvalue weighted by Crippen LogP contribution is 2.46. The molecule has 2 saturated heterocycles. The minimum absolute atomic E-state index is 0.0461. The zero-order valence-electron chi connectivity index (χ0n) is 29.4. The van der Waals surface area contributed by atoms with E-state index in [0.717, 1.165) is 68.3 Å². The number of nitrogens with zero attached hydrogens (tertiary/aromatic N) is 2. The normalized spacial score (nSPS) is 28.6. The van der Waals surface area contributed by atoms with Crippen LogP contribution in [0.5, 0.6) is 0 Å². The average molecular weight is 777 g/mol. The molecule has 4 heterocycles. The molecule has 3 aromatic rings. The lowest BCUT2D eigenvalue weighted by Crippen LogP contribution is -2.52. The molecule has 5 aliphatic rings. The maximum absolute atomic E-state index is 14.7. The number of amides is 1. The van der Waals surface area contributed by atoms with Gasteiger partial charge in [0.15, 0.2) is 11.4 Å². The number of aliphatic hydroxyl groups excluding tert-OH is 1. The van der Waals surface area contributed by atoms with Crippen molar-refractivity contribution in [1.29, 1.82) is 0 Å². The number of β-amino-alcohol motifs (C(OH)–C–C–N with tert-alkyl or cyclic N) is 1. The van der Waals surface area contributed by atoms with Gasteiger partial charge in [-0.2, -0.15) is 4.31 Å². The highest BCUT2D eigenvalue weighted by Gasteiger charge is 2.53. The minimum atomic E-state index is -4.24. The standard InChI is InChI=1S/C37H46F2N4O8S2/c38-25-10-21(11-26(39)16-25)12-28(42-37(45)51-34-24-13-22-15-31(34)50-35(22)49-20-24)30(44)18-43-8-4-2-1-3-5-9-48-19-23-14-29-32(17-33(23)53(43,46)47)52-36(41-29)40-27-6-7-27/h10-11,14,16-17,22,24,27-28,30-31,34-35,44H,1-9,12-13,15,18-20H2,(H,40,41)(H,42,45)/t22?,24?,28-,30+,31?,34-,35-/m0/s1. The fourth-order valence-corrected chi connectivity index (χ4v) is 10.9. The van der Waals surface area contributed by atoms with Crippen molar-refractivity contribution < 1.29 is 46.0 Å². The van der Waals surface area contributed by atoms with Gasteiger partial charge in [-0.3, -0.25) is 0 Å². The van der Waals surface area contributed by atoms with Gasteiger partial charge in [0.25, 0.3) is 0 Å². The van der Waals surface area contributed by atoms with Gasteiger partial charge in [0.1, 0.15) is 17.7 Å². The Morgan fingerprint density at radius 3 is 2.66 bits per heavy atom. The lowest BCUT2D eigenvalue weighted by atomic mass is 9.78. The number of nitrogens with one attached hydrogen (secondary N) is 2. The lowest BCUT2D eigenvalue weighted by Gasteiger charge is -2.37. The molecular weight excluding hydrogens is 731 g/mol. The largest absolute Gasteiger partial charge is 0.443 e. The number of rotatable bonds is 9. The number of anilines is 1. The van der Waals surface area contributed by atoms with Gasteiger partial charge in [0.2, 0.25) is 10.0 Å². The molecule has 2 aromatic carbocycles. The predicted octanol–water partition coefficient (Wildman–Crippen LogP) is 5.47. The number of carbonyl (C=O) groups excluding carboxylic acids is 1. The number of ether oxygens (including phenoxy) is 4. The molecule has 3 bridgehead atoms. The van der Waals surface area contributed by atoms with Gasteiger partial charge in [-0.1, -0.05) is 30.6 Å². The number of aromatic nitrogens is 1. The number of alkyl carbamates (subject to hydrolysis) is 1. The Labute approximate surface area is 311 Å². The maximum atomic E-state index is 14.7. The fraction of sp³-hybridized carbons (Fsp3) is 0.622. The van der Waals surface area contributed by atoms with E-state index in [2.05, 4.69) is 10.6 Å². The van der Waals surface area contributed by atoms with Crippen LogP contribution in [0.2, 0.25) is 0 Å². The molecular formula is C37H46F2N4O8S2. The first-order chi connectivity index (χ1) is 25.6. The lowest BCUT2D eigenvalue weighted by molar-refractivity contribution is -0.153. The van der Waals surface area contributed by atoms with Crippen LogP contribution in [0.15, 0.2) is 35.2 Å². The van der Waals surface area contributed by atoms with Gasteiger partial charge in [-0.15, -0.1) is 0 Å². The molecule has 12 nitrogen and oxygen atoms in total. The van der Waals surface area contributed by atoms with Crippen LogP contribution < -0.4 is 10.6 Å². The summed E-state index contributed by atoms with van der Waals surface area (Å²) in [5, 5.41) is 18.7. The second-order valence-corrected chi connectivity index (χ2v) is 18.0. The molecule has 4 fully saturated rings. The highest BCUT2D eigenvalue weighted by molar-refractivity contribution is 7.89. The maximum Gasteiger partial charge on any atom is 0.407 e. The highest BCUT2D eigenvalue weighted by atomic mass is 32.2. The number of aliphatic hydroxyl groups is 1. The van der Waals surface area contributed by atoms with Crippen molar-refractivity contribution in [2.75, 3.05) is 31.6 Å². The van der Waals surface area contributed by atoms with E-state index in [1.54, 1.807) is 12.1 Å². The number of hydrogen-bond acceptors (Lipinski definition) is 11. The van der Waals surface area contributed by atoms with E-state index in [0.29, 0.717) is 47.9 Å². The summed E-state index contributed by atoms with van der Waals surface area (Å²) < 4.78 is 83.6. The Bertz CT molecular complexity index is 1880. The van der Waals surface area contributed by atoms with Gasteiger partial charge in [0, 0.05) is 43.6 Å². The number of benzene rings is 2. The molecule has 7 atom stereocenters. The monoisotopic (exact) mass is 776 g/mol. The molecule has 8 rings (SSSR count). The number of sulfonamides is 1. The number of fused-ring (bicyclic) bond motifs is 4. The van der Waals surface area contributed by atoms with Crippen LogP contribution in [0.4, 0.5) is 18.7 Å². The average Bonchev–Trinajstić information content (AvgIpc) is 3.75. The zero-order chi connectivity index (χ0) is 36.7. The second-order valence-electron chi connectivity index (χ2n) is 15.1. The van der Waals surface area contributed by atoms with E-state index in [1.807, 2.05) is 0 Å². The molecule has 3 N–H and O–H groups in total. The van der Waals surface area contributed by atoms with Crippen LogP contribution >= 0.6 is 11.3 Å². The third-order valence-electron chi connectivity index (χ3n) is 11.0. The van der Waals surface area contributed by atoms with Gasteiger partial charge in [-0.25, -0.2) is 27.0 Å². The molecule has 2 saturated carbocycles. The van der Waals surface area contributed by atoms with Crippen molar-refractivity contribution in [2.24, 2.45) is 11.8 Å². The molecule has 0 spiro atoms. The molecule has 1 amide bonds. The van der Waals surface area contributed by atoms with Crippen molar-refractivity contribution >= 4 is 42.8 Å². The smallest absolute Gasteiger partial charge is 0.407 e. The Kier molecular flexibility index (Phi) is 10.9. The van der Waals surface area contributed by atoms with Crippen LogP contribution in [-0.2, 0) is 42.0 Å². The van der Waals surface area contributed by atoms with E-state index < -0.39 is 52.5 Å². The first-order valence-electron chi connectivity index (χ1n) is 18.7. The first-order valence-corrected chi connectivity index (χ1v) is 21.0. The summed E-state index contributed by atoms with van der Waals surface area (Å²) in [5.41, 5.74) is 1.32. The van der Waals surface area contributed by atoms with E-state index >= 15 is 0 Å². The topological polar surface area (TPSA) is 149 Å². The molecule has 3 aliphatic heterocycles. The van der Waals surface area contributed by atoms with Crippen molar-refractivity contribution in [3.63, 3.8) is 0 Å². The fourth-order valence-electron chi connectivity index (χ4n) is 8.10. The summed E-state index contributed by atoms with van der Waals surface area (Å²) in [7, 11) is -4.24. The third-order valence-corrected chi connectivity index (χ3v) is 13.9. The molecule has 2 aliphatic carbocycles. The van der Waals surface area contributed by atoms with Crippen molar-refractivity contribution in [3.05, 3.63) is 53.1 Å². The van der Waals surface area contributed by atoms with Crippen LogP contribution in [0.3, 0.4) is 0 Å². The van der Waals surface area contributed by atoms with Crippen LogP contribution in [0.1, 0.15) is 68.9 Å². The second kappa shape index (κ2) is 15.6. The van der Waals surface area contributed by atoms with Gasteiger partial charge in [-0.05, 0) is 80.3 Å². The Morgan fingerprint density at radius 1 is 1.06 bits per heavy atom. The third kappa shape index (κ3) is 8.48. The van der Waals surface area contributed by atoms with Crippen LogP contribution in [0.25, 0.3) is 10.2 Å². The Hall–Kier alpha value is -2.99. The zero-order valence-corrected chi connectivity index (χ0v) is 31.0. The van der Waals surface area contributed by atoms with Crippen molar-refractivity contribution in [1.82, 2.24) is 14.6 Å². The number of halogens is 2. The molecule has 288 valence electrons. The van der Waals surface area contributed by atoms with Crippen molar-refractivity contribution in [2.45, 2.75) is 112 Å². The SMILES string of the molecule is O=C(N[C@@H](Cc1cc(F)cc(F)c1)[C@H](O)CN1CCCCCCCOCc2cc3nc(NC4CC4)sc3cc2S1(=O)=O)O[C@H]1C2CO[C@H]3OC1CC3C2. The summed E-state index contributed by atoms with van der Waals surface area (Å²) in [5.74, 6) is -1.41. The number of carbonyl (C=O) groups is 1. The summed E-state index contributed by atoms with van der Waals surface area (Å²) >= 11 is 1.39. The number of hydrogen-bond donors (Lipinski definition) is 3. The quantitative estimate of drug-likeness (QED) is 0.256. The Balaban J connectivity index is 1.07. The van der Waals surface area contributed by atoms with E-state index in [4.69, 9.17) is 23.9 Å². The summed E-state index contributed by atoms with van der Waals surface area (Å²) in [6.45, 7) is 0.694. The van der Waals surface area contributed by atoms with E-state index in [-0.39, 0.29) is 54.3 Å². The summed E-state index contributed by atoms with van der Waals surface area (Å²) in [4.78, 5) is 18.3. The molecule has 0 radical (unpaired) electrons. The minimum Gasteiger partial charge on any atom is -0.443 e. The molecule has 53 heavy (non-hydrogen) atoms. The van der Waals surface area contributed by atoms with Crippen LogP contribution in [-0.4, -0.2) is 91.9 Å². The van der Waals surface area contributed by atoms with Crippen LogP contribution in [0, 0.1) is 23.5 Å².